The minimum absolute atomic E-state index is 0.183. The van der Waals surface area contributed by atoms with Crippen molar-refractivity contribution in [3.05, 3.63) is 0 Å². The first-order valence-corrected chi connectivity index (χ1v) is 8.00. The van der Waals surface area contributed by atoms with E-state index in [-0.39, 0.29) is 24.4 Å². The van der Waals surface area contributed by atoms with Gasteiger partial charge in [-0.2, -0.15) is 8.42 Å². The lowest BCUT2D eigenvalue weighted by atomic mass is 9.62. The average molecular weight is 278 g/mol. The molecule has 0 atom stereocenters. The van der Waals surface area contributed by atoms with Crippen LogP contribution in [0, 0.1) is 17.3 Å². The maximum atomic E-state index is 11.8. The molecule has 0 N–H and O–H groups in total. The van der Waals surface area contributed by atoms with Gasteiger partial charge in [-0.3, -0.25) is 8.98 Å². The Hall–Kier alpha value is -0.620. The van der Waals surface area contributed by atoms with Crippen molar-refractivity contribution in [2.75, 3.05) is 19.5 Å². The molecular weight excluding hydrogens is 256 g/mol. The minimum atomic E-state index is -3.36. The zero-order valence-electron chi connectivity index (χ0n) is 11.4. The highest BCUT2D eigenvalue weighted by molar-refractivity contribution is 7.85. The molecular formula is C12H22O5S. The standard InChI is InChI=1S/C12H22O5S/c1-5-16-11(13)12(2,3)10-6-9(7-10)8-17-18(4,14)15/h9-10H,5-8H2,1-4H3. The van der Waals surface area contributed by atoms with Crippen LogP contribution in [-0.4, -0.2) is 33.9 Å². The van der Waals surface area contributed by atoms with Crippen molar-refractivity contribution in [3.8, 4) is 0 Å². The quantitative estimate of drug-likeness (QED) is 0.545. The second kappa shape index (κ2) is 5.57. The van der Waals surface area contributed by atoms with Crippen molar-refractivity contribution in [2.24, 2.45) is 17.3 Å². The van der Waals surface area contributed by atoms with Gasteiger partial charge < -0.3 is 4.74 Å². The van der Waals surface area contributed by atoms with Gasteiger partial charge in [0.2, 0.25) is 0 Å². The summed E-state index contributed by atoms with van der Waals surface area (Å²) in [6, 6.07) is 0. The normalized spacial score (nSPS) is 24.4. The van der Waals surface area contributed by atoms with Crippen LogP contribution in [0.4, 0.5) is 0 Å². The lowest BCUT2D eigenvalue weighted by molar-refractivity contribution is -0.160. The molecule has 0 saturated heterocycles. The zero-order chi connectivity index (χ0) is 14.0. The van der Waals surface area contributed by atoms with Gasteiger partial charge in [0.15, 0.2) is 0 Å². The van der Waals surface area contributed by atoms with E-state index in [0.29, 0.717) is 6.61 Å². The van der Waals surface area contributed by atoms with Crippen LogP contribution in [0.15, 0.2) is 0 Å². The van der Waals surface area contributed by atoms with Crippen LogP contribution in [0.2, 0.25) is 0 Å². The topological polar surface area (TPSA) is 69.7 Å². The highest BCUT2D eigenvalue weighted by Gasteiger charge is 2.45. The fraction of sp³-hybridized carbons (Fsp3) is 0.917. The van der Waals surface area contributed by atoms with E-state index >= 15 is 0 Å². The predicted molar refractivity (Wildman–Crippen MR) is 67.4 cm³/mol. The van der Waals surface area contributed by atoms with E-state index in [4.69, 9.17) is 8.92 Å². The molecule has 0 aromatic heterocycles. The van der Waals surface area contributed by atoms with E-state index in [1.807, 2.05) is 13.8 Å². The van der Waals surface area contributed by atoms with Gasteiger partial charge in [-0.25, -0.2) is 0 Å². The van der Waals surface area contributed by atoms with E-state index in [1.54, 1.807) is 6.92 Å². The van der Waals surface area contributed by atoms with E-state index in [0.717, 1.165) is 19.1 Å². The molecule has 0 bridgehead atoms. The first kappa shape index (κ1) is 15.4. The summed E-state index contributed by atoms with van der Waals surface area (Å²) >= 11 is 0. The monoisotopic (exact) mass is 278 g/mol. The van der Waals surface area contributed by atoms with Gasteiger partial charge in [0.05, 0.1) is 24.9 Å². The van der Waals surface area contributed by atoms with Gasteiger partial charge in [0.25, 0.3) is 10.1 Å². The third-order valence-corrected chi connectivity index (χ3v) is 4.14. The van der Waals surface area contributed by atoms with Crippen LogP contribution >= 0.6 is 0 Å². The number of rotatable bonds is 6. The Bertz CT molecular complexity index is 393. The second-order valence-electron chi connectivity index (χ2n) is 5.47. The number of hydrogen-bond acceptors (Lipinski definition) is 5. The van der Waals surface area contributed by atoms with Gasteiger partial charge >= 0.3 is 5.97 Å². The van der Waals surface area contributed by atoms with Crippen LogP contribution in [0.3, 0.4) is 0 Å². The van der Waals surface area contributed by atoms with Crippen molar-refractivity contribution >= 4 is 16.1 Å². The van der Waals surface area contributed by atoms with Crippen molar-refractivity contribution in [2.45, 2.75) is 33.6 Å². The molecule has 18 heavy (non-hydrogen) atoms. The molecule has 6 heteroatoms. The Labute approximate surface area is 109 Å². The number of ether oxygens (including phenoxy) is 1. The maximum Gasteiger partial charge on any atom is 0.311 e. The molecule has 1 rings (SSSR count). The van der Waals surface area contributed by atoms with Gasteiger partial charge in [-0.15, -0.1) is 0 Å². The van der Waals surface area contributed by atoms with Crippen LogP contribution < -0.4 is 0 Å². The van der Waals surface area contributed by atoms with E-state index < -0.39 is 15.5 Å². The summed E-state index contributed by atoms with van der Waals surface area (Å²) in [5.41, 5.74) is -0.502. The summed E-state index contributed by atoms with van der Waals surface area (Å²) in [4.78, 5) is 11.8. The summed E-state index contributed by atoms with van der Waals surface area (Å²) in [7, 11) is -3.36. The molecule has 0 aromatic carbocycles. The highest BCUT2D eigenvalue weighted by Crippen LogP contribution is 2.46. The molecule has 0 radical (unpaired) electrons. The molecule has 0 unspecified atom stereocenters. The minimum Gasteiger partial charge on any atom is -0.466 e. The molecule has 0 aromatic rings. The first-order chi connectivity index (χ1) is 8.16. The molecule has 1 aliphatic rings. The van der Waals surface area contributed by atoms with Gasteiger partial charge in [-0.1, -0.05) is 0 Å². The van der Waals surface area contributed by atoms with E-state index in [9.17, 15) is 13.2 Å². The van der Waals surface area contributed by atoms with Crippen molar-refractivity contribution in [1.29, 1.82) is 0 Å². The molecule has 0 heterocycles. The fourth-order valence-electron chi connectivity index (χ4n) is 2.16. The molecule has 0 spiro atoms. The molecule has 0 amide bonds. The van der Waals surface area contributed by atoms with Crippen LogP contribution in [0.5, 0.6) is 0 Å². The number of hydrogen-bond donors (Lipinski definition) is 0. The number of esters is 1. The Balaban J connectivity index is 2.39. The Morgan fingerprint density at radius 3 is 2.33 bits per heavy atom. The Morgan fingerprint density at radius 2 is 1.89 bits per heavy atom. The molecule has 0 aliphatic heterocycles. The predicted octanol–water partition coefficient (Wildman–Crippen LogP) is 1.58. The SMILES string of the molecule is CCOC(=O)C(C)(C)C1CC(COS(C)(=O)=O)C1. The lowest BCUT2D eigenvalue weighted by Gasteiger charge is -2.43. The van der Waals surface area contributed by atoms with Crippen molar-refractivity contribution < 1.29 is 22.1 Å². The van der Waals surface area contributed by atoms with Crippen LogP contribution in [0.25, 0.3) is 0 Å². The summed E-state index contributed by atoms with van der Waals surface area (Å²) in [6.07, 6.45) is 2.66. The molecule has 5 nitrogen and oxygen atoms in total. The molecule has 106 valence electrons. The summed E-state index contributed by atoms with van der Waals surface area (Å²) in [5, 5.41) is 0. The maximum absolute atomic E-state index is 11.8. The smallest absolute Gasteiger partial charge is 0.311 e. The first-order valence-electron chi connectivity index (χ1n) is 6.18. The average Bonchev–Trinajstić information content (AvgIpc) is 2.13. The largest absolute Gasteiger partial charge is 0.466 e. The summed E-state index contributed by atoms with van der Waals surface area (Å²) < 4.78 is 31.5. The summed E-state index contributed by atoms with van der Waals surface area (Å²) in [6.45, 7) is 6.15. The molecule has 1 saturated carbocycles. The van der Waals surface area contributed by atoms with Gasteiger partial charge in [0.1, 0.15) is 0 Å². The zero-order valence-corrected chi connectivity index (χ0v) is 12.2. The number of carbonyl (C=O) groups excluding carboxylic acids is 1. The Morgan fingerprint density at radius 1 is 1.33 bits per heavy atom. The van der Waals surface area contributed by atoms with Gasteiger partial charge in [-0.05, 0) is 45.4 Å². The van der Waals surface area contributed by atoms with Gasteiger partial charge in [0, 0.05) is 0 Å². The van der Waals surface area contributed by atoms with Crippen LogP contribution in [0.1, 0.15) is 33.6 Å². The second-order valence-corrected chi connectivity index (χ2v) is 7.11. The fourth-order valence-corrected chi connectivity index (χ4v) is 2.60. The third-order valence-electron chi connectivity index (χ3n) is 3.58. The Kier molecular flexibility index (Phi) is 4.78. The molecule has 1 aliphatic carbocycles. The lowest BCUT2D eigenvalue weighted by Crippen LogP contribution is -2.43. The van der Waals surface area contributed by atoms with Crippen molar-refractivity contribution in [3.63, 3.8) is 0 Å². The highest BCUT2D eigenvalue weighted by atomic mass is 32.2. The van der Waals surface area contributed by atoms with E-state index in [1.165, 1.54) is 0 Å². The van der Waals surface area contributed by atoms with E-state index in [2.05, 4.69) is 0 Å². The third kappa shape index (κ3) is 3.95. The van der Waals surface area contributed by atoms with Crippen LogP contribution in [-0.2, 0) is 23.8 Å². The molecule has 1 fully saturated rings. The number of carbonyl (C=O) groups is 1. The summed E-state index contributed by atoms with van der Waals surface area (Å²) in [5.74, 6) is 0.278. The van der Waals surface area contributed by atoms with Crippen molar-refractivity contribution in [1.82, 2.24) is 0 Å².